The molecule has 1 fully saturated rings. The molecule has 1 aliphatic carbocycles. The second kappa shape index (κ2) is 5.54. The van der Waals surface area contributed by atoms with Crippen molar-refractivity contribution in [3.63, 3.8) is 0 Å². The zero-order valence-corrected chi connectivity index (χ0v) is 11.1. The number of ether oxygens (including phenoxy) is 1. The lowest BCUT2D eigenvalue weighted by Gasteiger charge is -2.32. The molecule has 2 atom stereocenters. The van der Waals surface area contributed by atoms with Crippen molar-refractivity contribution < 1.29 is 4.74 Å². The van der Waals surface area contributed by atoms with Gasteiger partial charge in [-0.2, -0.15) is 0 Å². The fraction of sp³-hybridized carbons (Fsp3) is 0.600. The Morgan fingerprint density at radius 1 is 1.18 bits per heavy atom. The van der Waals surface area contributed by atoms with Gasteiger partial charge in [0.15, 0.2) is 0 Å². The Kier molecular flexibility index (Phi) is 4.06. The fourth-order valence-corrected chi connectivity index (χ4v) is 2.64. The van der Waals surface area contributed by atoms with E-state index in [1.54, 1.807) is 0 Å². The molecule has 1 aromatic carbocycles. The highest BCUT2D eigenvalue weighted by molar-refractivity contribution is 5.53. The Bertz CT molecular complexity index is 375. The first-order valence-electron chi connectivity index (χ1n) is 6.57. The molecule has 0 heterocycles. The summed E-state index contributed by atoms with van der Waals surface area (Å²) in [6.45, 7) is 4.30. The Balaban J connectivity index is 2.10. The van der Waals surface area contributed by atoms with Crippen molar-refractivity contribution in [1.82, 2.24) is 0 Å². The van der Waals surface area contributed by atoms with Crippen molar-refractivity contribution in [2.75, 3.05) is 12.4 Å². The number of methoxy groups -OCH3 is 1. The Labute approximate surface area is 104 Å². The van der Waals surface area contributed by atoms with E-state index in [-0.39, 0.29) is 0 Å². The van der Waals surface area contributed by atoms with Crippen LogP contribution in [0.3, 0.4) is 0 Å². The summed E-state index contributed by atoms with van der Waals surface area (Å²) in [6, 6.07) is 7.04. The number of hydrogen-bond acceptors (Lipinski definition) is 2. The van der Waals surface area contributed by atoms with E-state index in [1.807, 2.05) is 7.11 Å². The van der Waals surface area contributed by atoms with Crippen LogP contribution in [0.2, 0.25) is 0 Å². The Morgan fingerprint density at radius 2 is 1.94 bits per heavy atom. The molecule has 17 heavy (non-hydrogen) atoms. The van der Waals surface area contributed by atoms with Gasteiger partial charge in [-0.15, -0.1) is 0 Å². The molecular weight excluding hydrogens is 210 g/mol. The molecule has 1 aromatic rings. The highest BCUT2D eigenvalue weighted by atomic mass is 16.5. The topological polar surface area (TPSA) is 21.3 Å². The molecule has 0 aliphatic heterocycles. The van der Waals surface area contributed by atoms with Crippen LogP contribution in [0.4, 0.5) is 5.69 Å². The zero-order valence-electron chi connectivity index (χ0n) is 11.1. The summed E-state index contributed by atoms with van der Waals surface area (Å²) in [5, 5.41) is 3.67. The minimum Gasteiger partial charge on any atom is -0.379 e. The Morgan fingerprint density at radius 3 is 2.71 bits per heavy atom. The van der Waals surface area contributed by atoms with Crippen LogP contribution in [-0.2, 0) is 4.74 Å². The second-order valence-corrected chi connectivity index (χ2v) is 5.13. The fourth-order valence-electron chi connectivity index (χ4n) is 2.64. The third kappa shape index (κ3) is 3.01. The van der Waals surface area contributed by atoms with Crippen LogP contribution < -0.4 is 5.32 Å². The molecule has 2 rings (SSSR count). The first kappa shape index (κ1) is 12.4. The number of benzene rings is 1. The van der Waals surface area contributed by atoms with Gasteiger partial charge in [-0.1, -0.05) is 25.0 Å². The van der Waals surface area contributed by atoms with Crippen molar-refractivity contribution in [1.29, 1.82) is 0 Å². The number of nitrogens with one attached hydrogen (secondary N) is 1. The number of hydrogen-bond donors (Lipinski definition) is 1. The summed E-state index contributed by atoms with van der Waals surface area (Å²) in [7, 11) is 1.83. The molecule has 0 amide bonds. The van der Waals surface area contributed by atoms with Crippen LogP contribution in [0.1, 0.15) is 36.8 Å². The van der Waals surface area contributed by atoms with Gasteiger partial charge < -0.3 is 10.1 Å². The molecule has 1 saturated carbocycles. The first-order valence-corrected chi connectivity index (χ1v) is 6.57. The summed E-state index contributed by atoms with van der Waals surface area (Å²) in [5.41, 5.74) is 3.89. The summed E-state index contributed by atoms with van der Waals surface area (Å²) < 4.78 is 5.58. The maximum absolute atomic E-state index is 5.58. The van der Waals surface area contributed by atoms with Gasteiger partial charge >= 0.3 is 0 Å². The van der Waals surface area contributed by atoms with Gasteiger partial charge in [-0.3, -0.25) is 0 Å². The summed E-state index contributed by atoms with van der Waals surface area (Å²) in [6.07, 6.45) is 5.36. The van der Waals surface area contributed by atoms with E-state index in [0.717, 1.165) is 0 Å². The van der Waals surface area contributed by atoms with E-state index < -0.39 is 0 Å². The van der Waals surface area contributed by atoms with Crippen molar-refractivity contribution in [2.24, 2.45) is 0 Å². The lowest BCUT2D eigenvalue weighted by atomic mass is 9.92. The van der Waals surface area contributed by atoms with Crippen LogP contribution in [0, 0.1) is 13.8 Å². The molecule has 1 aliphatic rings. The van der Waals surface area contributed by atoms with E-state index in [9.17, 15) is 0 Å². The van der Waals surface area contributed by atoms with Gasteiger partial charge in [-0.05, 0) is 43.9 Å². The lowest BCUT2D eigenvalue weighted by molar-refractivity contribution is 0.0606. The largest absolute Gasteiger partial charge is 0.379 e. The van der Waals surface area contributed by atoms with Crippen LogP contribution in [0.15, 0.2) is 18.2 Å². The van der Waals surface area contributed by atoms with Crippen LogP contribution in [0.25, 0.3) is 0 Å². The van der Waals surface area contributed by atoms with Crippen molar-refractivity contribution >= 4 is 5.69 Å². The standard InChI is InChI=1S/C15H23NO/c1-11-8-9-12(2)14(10-11)16-13-6-4-5-7-15(13)17-3/h8-10,13,15-16H,4-7H2,1-3H3/t13-,15+/m0/s1. The molecule has 0 bridgehead atoms. The van der Waals surface area contributed by atoms with Crippen molar-refractivity contribution in [3.05, 3.63) is 29.3 Å². The number of anilines is 1. The van der Waals surface area contributed by atoms with Crippen LogP contribution in [-0.4, -0.2) is 19.3 Å². The molecule has 0 unspecified atom stereocenters. The maximum Gasteiger partial charge on any atom is 0.0772 e. The average Bonchev–Trinajstić information content (AvgIpc) is 2.34. The van der Waals surface area contributed by atoms with E-state index in [4.69, 9.17) is 4.74 Å². The smallest absolute Gasteiger partial charge is 0.0772 e. The van der Waals surface area contributed by atoms with E-state index in [1.165, 1.54) is 42.5 Å². The van der Waals surface area contributed by atoms with Crippen LogP contribution in [0.5, 0.6) is 0 Å². The molecule has 0 aromatic heterocycles. The highest BCUT2D eigenvalue weighted by Gasteiger charge is 2.24. The molecule has 0 spiro atoms. The predicted octanol–water partition coefficient (Wildman–Crippen LogP) is 3.67. The van der Waals surface area contributed by atoms with Gasteiger partial charge in [0.2, 0.25) is 0 Å². The normalized spacial score (nSPS) is 24.6. The quantitative estimate of drug-likeness (QED) is 0.860. The minimum atomic E-state index is 0.365. The average molecular weight is 233 g/mol. The monoisotopic (exact) mass is 233 g/mol. The number of rotatable bonds is 3. The maximum atomic E-state index is 5.58. The van der Waals surface area contributed by atoms with E-state index >= 15 is 0 Å². The molecule has 0 saturated heterocycles. The van der Waals surface area contributed by atoms with Gasteiger partial charge in [-0.25, -0.2) is 0 Å². The lowest BCUT2D eigenvalue weighted by Crippen LogP contribution is -2.37. The van der Waals surface area contributed by atoms with Gasteiger partial charge in [0.25, 0.3) is 0 Å². The molecule has 0 radical (unpaired) electrons. The molecular formula is C15H23NO. The van der Waals surface area contributed by atoms with Crippen molar-refractivity contribution in [3.8, 4) is 0 Å². The minimum absolute atomic E-state index is 0.365. The molecule has 94 valence electrons. The molecule has 2 heteroatoms. The van der Waals surface area contributed by atoms with Gasteiger partial charge in [0.05, 0.1) is 12.1 Å². The summed E-state index contributed by atoms with van der Waals surface area (Å²) >= 11 is 0. The summed E-state index contributed by atoms with van der Waals surface area (Å²) in [4.78, 5) is 0. The molecule has 2 nitrogen and oxygen atoms in total. The SMILES string of the molecule is CO[C@@H]1CCCC[C@@H]1Nc1cc(C)ccc1C. The van der Waals surface area contributed by atoms with Crippen molar-refractivity contribution in [2.45, 2.75) is 51.7 Å². The van der Waals surface area contributed by atoms with E-state index in [0.29, 0.717) is 12.1 Å². The van der Waals surface area contributed by atoms with Gasteiger partial charge in [0, 0.05) is 12.8 Å². The van der Waals surface area contributed by atoms with Gasteiger partial charge in [0.1, 0.15) is 0 Å². The molecule has 1 N–H and O–H groups in total. The zero-order chi connectivity index (χ0) is 12.3. The number of aryl methyl sites for hydroxylation is 2. The highest BCUT2D eigenvalue weighted by Crippen LogP contribution is 2.26. The first-order chi connectivity index (χ1) is 8.20. The second-order valence-electron chi connectivity index (χ2n) is 5.13. The third-order valence-electron chi connectivity index (χ3n) is 3.74. The predicted molar refractivity (Wildman–Crippen MR) is 72.6 cm³/mol. The van der Waals surface area contributed by atoms with E-state index in [2.05, 4.69) is 37.4 Å². The summed E-state index contributed by atoms with van der Waals surface area (Å²) in [5.74, 6) is 0. The Hall–Kier alpha value is -1.02. The third-order valence-corrected chi connectivity index (χ3v) is 3.74. The van der Waals surface area contributed by atoms with Crippen LogP contribution >= 0.6 is 0 Å².